The summed E-state index contributed by atoms with van der Waals surface area (Å²) in [6, 6.07) is 13.3. The summed E-state index contributed by atoms with van der Waals surface area (Å²) in [5, 5.41) is 11.5. The Hall–Kier alpha value is -3.35. The Morgan fingerprint density at radius 2 is 1.82 bits per heavy atom. The summed E-state index contributed by atoms with van der Waals surface area (Å²) < 4.78 is 56.9. The Labute approximate surface area is 200 Å². The molecule has 0 saturated carbocycles. The zero-order chi connectivity index (χ0) is 23.8. The molecule has 0 unspecified atom stereocenters. The van der Waals surface area contributed by atoms with Gasteiger partial charge in [-0.25, -0.2) is 13.4 Å². The highest BCUT2D eigenvalue weighted by Gasteiger charge is 2.26. The molecule has 0 bridgehead atoms. The maximum Gasteiger partial charge on any atom is 0.387 e. The van der Waals surface area contributed by atoms with Crippen LogP contribution in [0.15, 0.2) is 71.9 Å². The van der Waals surface area contributed by atoms with E-state index in [0.717, 1.165) is 4.31 Å². The summed E-state index contributed by atoms with van der Waals surface area (Å²) in [7, 11) is -4.00. The Kier molecular flexibility index (Phi) is 9.66. The van der Waals surface area contributed by atoms with Gasteiger partial charge in [0.25, 0.3) is 0 Å². The van der Waals surface area contributed by atoms with Gasteiger partial charge in [0.15, 0.2) is 0 Å². The molecule has 0 spiro atoms. The minimum absolute atomic E-state index is 0. The molecule has 0 saturated heterocycles. The fraction of sp³-hybridized carbons (Fsp3) is 0.190. The lowest BCUT2D eigenvalue weighted by molar-refractivity contribution is -0.134. The molecule has 0 aliphatic carbocycles. The number of ether oxygens (including phenoxy) is 1. The third-order valence-electron chi connectivity index (χ3n) is 4.35. The third-order valence-corrected chi connectivity index (χ3v) is 6.12. The van der Waals surface area contributed by atoms with Crippen LogP contribution in [0, 0.1) is 0 Å². The number of halogens is 3. The molecular weight excluding hydrogens is 494 g/mol. The molecule has 1 aromatic carbocycles. The molecule has 2 aromatic heterocycles. The van der Waals surface area contributed by atoms with Crippen LogP contribution >= 0.6 is 12.4 Å². The maximum atomic E-state index is 13.3. The van der Waals surface area contributed by atoms with Crippen LogP contribution in [0.3, 0.4) is 0 Å². The van der Waals surface area contributed by atoms with E-state index < -0.39 is 22.6 Å². The minimum atomic E-state index is -4.00. The van der Waals surface area contributed by atoms with E-state index in [4.69, 9.17) is 5.11 Å². The second-order valence-electron chi connectivity index (χ2n) is 6.75. The van der Waals surface area contributed by atoms with Gasteiger partial charge >= 0.3 is 12.6 Å². The van der Waals surface area contributed by atoms with Gasteiger partial charge in [0.1, 0.15) is 23.0 Å². The monoisotopic (exact) mass is 514 g/mol. The first-order valence-electron chi connectivity index (χ1n) is 9.59. The Morgan fingerprint density at radius 1 is 1.09 bits per heavy atom. The van der Waals surface area contributed by atoms with Gasteiger partial charge in [-0.3, -0.25) is 9.78 Å². The predicted molar refractivity (Wildman–Crippen MR) is 121 cm³/mol. The number of nitrogens with one attached hydrogen (secondary N) is 1. The summed E-state index contributed by atoms with van der Waals surface area (Å²) in [6.07, 6.45) is 2.67. The lowest BCUT2D eigenvalue weighted by atomic mass is 10.2. The van der Waals surface area contributed by atoms with E-state index in [0.29, 0.717) is 11.3 Å². The van der Waals surface area contributed by atoms with E-state index in [1.54, 1.807) is 18.2 Å². The summed E-state index contributed by atoms with van der Waals surface area (Å²) in [5.41, 5.74) is 0.903. The van der Waals surface area contributed by atoms with Gasteiger partial charge in [0.2, 0.25) is 10.0 Å². The van der Waals surface area contributed by atoms with Crippen LogP contribution in [0.2, 0.25) is 0 Å². The van der Waals surface area contributed by atoms with E-state index in [1.165, 1.54) is 48.8 Å². The van der Waals surface area contributed by atoms with Crippen LogP contribution in [0.25, 0.3) is 0 Å². The van der Waals surface area contributed by atoms with Crippen LogP contribution in [-0.2, 0) is 27.9 Å². The summed E-state index contributed by atoms with van der Waals surface area (Å²) in [5.74, 6) is -0.835. The van der Waals surface area contributed by atoms with E-state index in [1.807, 2.05) is 0 Å². The molecule has 0 fully saturated rings. The number of anilines is 1. The first-order valence-corrected chi connectivity index (χ1v) is 11.0. The topological polar surface area (TPSA) is 122 Å². The summed E-state index contributed by atoms with van der Waals surface area (Å²) in [6.45, 7) is -3.52. The highest BCUT2D eigenvalue weighted by atomic mass is 35.5. The van der Waals surface area contributed by atoms with Gasteiger partial charge in [-0.05, 0) is 42.0 Å². The smallest absolute Gasteiger partial charge is 0.387 e. The van der Waals surface area contributed by atoms with Crippen molar-refractivity contribution in [3.8, 4) is 5.75 Å². The third kappa shape index (κ3) is 7.61. The van der Waals surface area contributed by atoms with E-state index in [-0.39, 0.29) is 48.5 Å². The molecule has 2 N–H and O–H groups in total. The van der Waals surface area contributed by atoms with E-state index >= 15 is 0 Å². The number of hydrogen-bond acceptors (Lipinski definition) is 7. The number of benzene rings is 1. The predicted octanol–water partition coefficient (Wildman–Crippen LogP) is 3.39. The number of carbonyl (C=O) groups is 1. The van der Waals surface area contributed by atoms with E-state index in [9.17, 15) is 22.0 Å². The van der Waals surface area contributed by atoms with E-state index in [2.05, 4.69) is 20.0 Å². The molecule has 34 heavy (non-hydrogen) atoms. The number of hydrogen-bond donors (Lipinski definition) is 2. The lowest BCUT2D eigenvalue weighted by Crippen LogP contribution is -2.30. The summed E-state index contributed by atoms with van der Waals surface area (Å²) in [4.78, 5) is 18.9. The van der Waals surface area contributed by atoms with Gasteiger partial charge in [0.05, 0.1) is 12.2 Å². The molecule has 0 radical (unpaired) electrons. The van der Waals surface area contributed by atoms with Crippen LogP contribution in [-0.4, -0.2) is 46.9 Å². The number of rotatable bonds is 11. The van der Waals surface area contributed by atoms with Crippen molar-refractivity contribution in [3.63, 3.8) is 0 Å². The molecule has 3 aromatic rings. The summed E-state index contributed by atoms with van der Waals surface area (Å²) >= 11 is 0. The molecule has 0 aliphatic heterocycles. The zero-order valence-corrected chi connectivity index (χ0v) is 19.2. The normalized spacial score (nSPS) is 11.2. The van der Waals surface area contributed by atoms with Crippen LogP contribution in [0.1, 0.15) is 11.3 Å². The van der Waals surface area contributed by atoms with Gasteiger partial charge < -0.3 is 15.2 Å². The first kappa shape index (κ1) is 26.9. The average molecular weight is 515 g/mol. The van der Waals surface area contributed by atoms with Crippen molar-refractivity contribution in [1.82, 2.24) is 14.3 Å². The quantitative estimate of drug-likeness (QED) is 0.399. The Morgan fingerprint density at radius 3 is 2.44 bits per heavy atom. The fourth-order valence-electron chi connectivity index (χ4n) is 2.87. The van der Waals surface area contributed by atoms with Gasteiger partial charge in [-0.1, -0.05) is 18.2 Å². The highest BCUT2D eigenvalue weighted by molar-refractivity contribution is 7.89. The van der Waals surface area contributed by atoms with Gasteiger partial charge in [-0.2, -0.15) is 13.1 Å². The molecule has 2 heterocycles. The van der Waals surface area contributed by atoms with Crippen molar-refractivity contribution in [3.05, 3.63) is 78.2 Å². The Bertz CT molecular complexity index is 1190. The lowest BCUT2D eigenvalue weighted by Gasteiger charge is -2.22. The maximum absolute atomic E-state index is 13.3. The van der Waals surface area contributed by atoms with Crippen molar-refractivity contribution in [2.24, 2.45) is 0 Å². The number of aliphatic carboxylic acids is 1. The van der Waals surface area contributed by atoms with Crippen molar-refractivity contribution < 1.29 is 31.8 Å². The second kappa shape index (κ2) is 12.2. The number of aromatic nitrogens is 2. The zero-order valence-electron chi connectivity index (χ0n) is 17.5. The van der Waals surface area contributed by atoms with Crippen molar-refractivity contribution >= 4 is 34.2 Å². The molecule has 182 valence electrons. The van der Waals surface area contributed by atoms with Crippen molar-refractivity contribution in [2.45, 2.75) is 24.6 Å². The SMILES string of the molecule is Cl.O=C(O)CNc1cccc(CN(Cc2ccc(OC(F)F)cc2)S(=O)(=O)c2cccnc2)n1. The standard InChI is InChI=1S/C21H20F2N4O5S.ClH/c22-21(23)32-17-8-6-15(7-9-17)13-27(33(30,31)18-4-2-10-24-11-18)14-16-3-1-5-19(26-16)25-12-20(28)29;/h1-11,21H,12-14H2,(H,25,26)(H,28,29);1H. The van der Waals surface area contributed by atoms with Crippen LogP contribution in [0.5, 0.6) is 5.75 Å². The molecular formula is C21H21ClF2N4O5S. The molecule has 13 heteroatoms. The number of nitrogens with zero attached hydrogens (tertiary/aromatic N) is 3. The molecule has 0 amide bonds. The van der Waals surface area contributed by atoms with Gasteiger partial charge in [0, 0.05) is 18.9 Å². The highest BCUT2D eigenvalue weighted by Crippen LogP contribution is 2.22. The average Bonchev–Trinajstić information content (AvgIpc) is 2.79. The largest absolute Gasteiger partial charge is 0.480 e. The van der Waals surface area contributed by atoms with Crippen molar-refractivity contribution in [2.75, 3.05) is 11.9 Å². The number of pyridine rings is 2. The number of carboxylic acids is 1. The first-order chi connectivity index (χ1) is 15.7. The molecule has 0 atom stereocenters. The number of carboxylic acid groups (broad SMARTS) is 1. The molecule has 9 nitrogen and oxygen atoms in total. The Balaban J connectivity index is 0.00000408. The second-order valence-corrected chi connectivity index (χ2v) is 8.68. The molecule has 0 aliphatic rings. The van der Waals surface area contributed by atoms with Gasteiger partial charge in [-0.15, -0.1) is 12.4 Å². The van der Waals surface area contributed by atoms with Crippen molar-refractivity contribution in [1.29, 1.82) is 0 Å². The minimum Gasteiger partial charge on any atom is -0.480 e. The fourth-order valence-corrected chi connectivity index (χ4v) is 4.23. The van der Waals surface area contributed by atoms with Crippen LogP contribution in [0.4, 0.5) is 14.6 Å². The number of alkyl halides is 2. The molecule has 3 rings (SSSR count). The van der Waals surface area contributed by atoms with Crippen LogP contribution < -0.4 is 10.1 Å². The number of sulfonamides is 1.